The van der Waals surface area contributed by atoms with Crippen LogP contribution in [0.25, 0.3) is 11.0 Å². The molecule has 1 aromatic heterocycles. The molecule has 1 aromatic carbocycles. The van der Waals surface area contributed by atoms with Crippen molar-refractivity contribution in [2.45, 2.75) is 19.9 Å². The quantitative estimate of drug-likeness (QED) is 0.633. The summed E-state index contributed by atoms with van der Waals surface area (Å²) in [5.41, 5.74) is 1.96. The second-order valence-electron chi connectivity index (χ2n) is 6.16. The molecule has 4 heteroatoms. The molecule has 3 rings (SSSR count). The molecule has 2 aromatic rings. The van der Waals surface area contributed by atoms with Crippen molar-refractivity contribution in [2.24, 2.45) is 5.92 Å². The van der Waals surface area contributed by atoms with Crippen LogP contribution < -0.4 is 0 Å². The van der Waals surface area contributed by atoms with Gasteiger partial charge in [-0.2, -0.15) is 0 Å². The highest BCUT2D eigenvalue weighted by atomic mass is 16.5. The number of benzene rings is 1. The third-order valence-electron chi connectivity index (χ3n) is 4.31. The number of ether oxygens (including phenoxy) is 1. The minimum atomic E-state index is -0.0347. The maximum absolute atomic E-state index is 12.3. The highest BCUT2D eigenvalue weighted by molar-refractivity contribution is 5.87. The topological polar surface area (TPSA) is 42.7 Å². The van der Waals surface area contributed by atoms with E-state index in [-0.39, 0.29) is 11.8 Å². The Balaban J connectivity index is 1.65. The number of hydrogen-bond donors (Lipinski definition) is 0. The van der Waals surface area contributed by atoms with E-state index in [0.717, 1.165) is 35.3 Å². The molecule has 1 amide bonds. The fourth-order valence-corrected chi connectivity index (χ4v) is 2.82. The zero-order valence-corrected chi connectivity index (χ0v) is 14.2. The number of likely N-dealkylation sites (N-methyl/N-ethyl adjacent to an activating group) is 1. The Kier molecular flexibility index (Phi) is 5.16. The average molecular weight is 325 g/mol. The number of furan rings is 1. The van der Waals surface area contributed by atoms with E-state index in [2.05, 4.69) is 12.2 Å². The van der Waals surface area contributed by atoms with Gasteiger partial charge < -0.3 is 14.1 Å². The number of para-hydroxylation sites is 1. The first-order valence-electron chi connectivity index (χ1n) is 8.30. The van der Waals surface area contributed by atoms with Gasteiger partial charge in [0.15, 0.2) is 0 Å². The number of amides is 1. The highest BCUT2D eigenvalue weighted by Gasteiger charge is 2.14. The Morgan fingerprint density at radius 3 is 3.04 bits per heavy atom. The summed E-state index contributed by atoms with van der Waals surface area (Å²) < 4.78 is 11.4. The van der Waals surface area contributed by atoms with Gasteiger partial charge in [-0.05, 0) is 25.5 Å². The van der Waals surface area contributed by atoms with Gasteiger partial charge >= 0.3 is 0 Å². The van der Waals surface area contributed by atoms with Crippen molar-refractivity contribution >= 4 is 16.9 Å². The smallest absolute Gasteiger partial charge is 0.246 e. The van der Waals surface area contributed by atoms with Crippen LogP contribution >= 0.6 is 0 Å². The molecule has 1 unspecified atom stereocenters. The fraction of sp³-hybridized carbons (Fsp3) is 0.350. The Hall–Kier alpha value is -2.33. The van der Waals surface area contributed by atoms with E-state index in [4.69, 9.17) is 9.15 Å². The molecule has 0 spiro atoms. The predicted molar refractivity (Wildman–Crippen MR) is 94.6 cm³/mol. The lowest BCUT2D eigenvalue weighted by Gasteiger charge is -2.14. The van der Waals surface area contributed by atoms with Gasteiger partial charge in [-0.3, -0.25) is 4.79 Å². The van der Waals surface area contributed by atoms with Crippen LogP contribution in [0.4, 0.5) is 0 Å². The lowest BCUT2D eigenvalue weighted by atomic mass is 10.1. The maximum atomic E-state index is 12.3. The number of carbonyl (C=O) groups excluding carboxylic acids is 1. The zero-order chi connectivity index (χ0) is 16.9. The number of fused-ring (bicyclic) bond motifs is 1. The Morgan fingerprint density at radius 2 is 2.21 bits per heavy atom. The van der Waals surface area contributed by atoms with E-state index in [1.165, 1.54) is 0 Å². The van der Waals surface area contributed by atoms with Gasteiger partial charge in [-0.1, -0.05) is 36.4 Å². The zero-order valence-electron chi connectivity index (χ0n) is 14.2. The van der Waals surface area contributed by atoms with E-state index in [1.54, 1.807) is 18.0 Å². The Labute approximate surface area is 142 Å². The van der Waals surface area contributed by atoms with Crippen molar-refractivity contribution in [3.8, 4) is 0 Å². The molecule has 1 atom stereocenters. The molecule has 0 bridgehead atoms. The van der Waals surface area contributed by atoms with Crippen molar-refractivity contribution in [1.82, 2.24) is 4.90 Å². The van der Waals surface area contributed by atoms with Gasteiger partial charge in [-0.25, -0.2) is 0 Å². The fourth-order valence-electron chi connectivity index (χ4n) is 2.82. The molecule has 2 heterocycles. The van der Waals surface area contributed by atoms with Gasteiger partial charge in [0.2, 0.25) is 5.91 Å². The number of aryl methyl sites for hydroxylation is 1. The first-order valence-corrected chi connectivity index (χ1v) is 8.30. The molecule has 0 saturated carbocycles. The minimum absolute atomic E-state index is 0.0347. The molecule has 24 heavy (non-hydrogen) atoms. The maximum Gasteiger partial charge on any atom is 0.246 e. The number of rotatable bonds is 4. The minimum Gasteiger partial charge on any atom is -0.459 e. The molecule has 1 aliphatic heterocycles. The molecule has 0 radical (unpaired) electrons. The Morgan fingerprint density at radius 1 is 1.38 bits per heavy atom. The molecule has 0 fully saturated rings. The summed E-state index contributed by atoms with van der Waals surface area (Å²) in [4.78, 5) is 14.0. The number of nitrogens with zero attached hydrogens (tertiary/aromatic N) is 1. The summed E-state index contributed by atoms with van der Waals surface area (Å²) >= 11 is 0. The average Bonchev–Trinajstić information content (AvgIpc) is 2.78. The summed E-state index contributed by atoms with van der Waals surface area (Å²) in [7, 11) is 1.79. The van der Waals surface area contributed by atoms with E-state index < -0.39 is 0 Å². The first-order chi connectivity index (χ1) is 11.6. The second kappa shape index (κ2) is 7.49. The third kappa shape index (κ3) is 3.77. The van der Waals surface area contributed by atoms with Gasteiger partial charge in [0.1, 0.15) is 11.3 Å². The summed E-state index contributed by atoms with van der Waals surface area (Å²) in [6.07, 6.45) is 8.67. The van der Waals surface area contributed by atoms with Crippen molar-refractivity contribution in [2.75, 3.05) is 20.3 Å². The summed E-state index contributed by atoms with van der Waals surface area (Å²) in [6, 6.07) is 7.94. The lowest BCUT2D eigenvalue weighted by Crippen LogP contribution is -2.24. The van der Waals surface area contributed by atoms with E-state index in [0.29, 0.717) is 13.2 Å². The van der Waals surface area contributed by atoms with Gasteiger partial charge in [0.05, 0.1) is 19.8 Å². The molecule has 1 aliphatic rings. The van der Waals surface area contributed by atoms with E-state index in [9.17, 15) is 4.79 Å². The summed E-state index contributed by atoms with van der Waals surface area (Å²) in [5, 5.41) is 1.10. The molecule has 126 valence electrons. The lowest BCUT2D eigenvalue weighted by molar-refractivity contribution is -0.125. The standard InChI is InChI=1S/C20H23NO3/c1-15-17-8-3-4-9-18(17)24-19(15)13-21(2)20(22)11-10-16-7-5-6-12-23-14-16/h3-5,7-11,16H,6,12-14H2,1-2H3. The summed E-state index contributed by atoms with van der Waals surface area (Å²) in [5.74, 6) is 0.962. The molecule has 0 saturated heterocycles. The number of hydrogen-bond acceptors (Lipinski definition) is 3. The second-order valence-corrected chi connectivity index (χ2v) is 6.16. The SMILES string of the molecule is Cc1c(CN(C)C(=O)C=CC2C=CCCOC2)oc2ccccc12. The van der Waals surface area contributed by atoms with Gasteiger partial charge in [0, 0.05) is 23.9 Å². The predicted octanol–water partition coefficient (Wildman–Crippen LogP) is 3.85. The van der Waals surface area contributed by atoms with Crippen LogP contribution in [0.3, 0.4) is 0 Å². The van der Waals surface area contributed by atoms with Gasteiger partial charge in [0.25, 0.3) is 0 Å². The molecule has 0 aliphatic carbocycles. The van der Waals surface area contributed by atoms with Crippen LogP contribution in [0, 0.1) is 12.8 Å². The highest BCUT2D eigenvalue weighted by Crippen LogP contribution is 2.25. The normalized spacial score (nSPS) is 18.2. The third-order valence-corrected chi connectivity index (χ3v) is 4.31. The van der Waals surface area contributed by atoms with Crippen LogP contribution in [0.2, 0.25) is 0 Å². The van der Waals surface area contributed by atoms with E-state index in [1.807, 2.05) is 37.3 Å². The van der Waals surface area contributed by atoms with Crippen LogP contribution in [0.5, 0.6) is 0 Å². The van der Waals surface area contributed by atoms with Crippen LogP contribution in [-0.4, -0.2) is 31.1 Å². The van der Waals surface area contributed by atoms with E-state index >= 15 is 0 Å². The van der Waals surface area contributed by atoms with Crippen molar-refractivity contribution in [1.29, 1.82) is 0 Å². The summed E-state index contributed by atoms with van der Waals surface area (Å²) in [6.45, 7) is 3.87. The monoisotopic (exact) mass is 325 g/mol. The molecular formula is C20H23NO3. The van der Waals surface area contributed by atoms with Crippen molar-refractivity contribution in [3.63, 3.8) is 0 Å². The largest absolute Gasteiger partial charge is 0.459 e. The van der Waals surface area contributed by atoms with Crippen molar-refractivity contribution in [3.05, 3.63) is 59.9 Å². The van der Waals surface area contributed by atoms with Gasteiger partial charge in [-0.15, -0.1) is 0 Å². The number of carbonyl (C=O) groups is 1. The Bertz CT molecular complexity index is 772. The van der Waals surface area contributed by atoms with Crippen LogP contribution in [0.1, 0.15) is 17.7 Å². The van der Waals surface area contributed by atoms with Crippen LogP contribution in [-0.2, 0) is 16.1 Å². The first kappa shape index (κ1) is 16.5. The molecule has 4 nitrogen and oxygen atoms in total. The molecule has 0 N–H and O–H groups in total. The van der Waals surface area contributed by atoms with Crippen LogP contribution in [0.15, 0.2) is 53.0 Å². The van der Waals surface area contributed by atoms with Crippen molar-refractivity contribution < 1.29 is 13.9 Å². The molecular weight excluding hydrogens is 302 g/mol.